The number of benzene rings is 2. The lowest BCUT2D eigenvalue weighted by atomic mass is 10.1. The zero-order chi connectivity index (χ0) is 18.1. The predicted octanol–water partition coefficient (Wildman–Crippen LogP) is 6.72. The topological polar surface area (TPSA) is 35.5 Å². The van der Waals surface area contributed by atoms with E-state index in [-0.39, 0.29) is 0 Å². The minimum Gasteiger partial charge on any atom is -0.414 e. The van der Waals surface area contributed by atoms with Gasteiger partial charge in [0.25, 0.3) is 0 Å². The molecule has 3 nitrogen and oxygen atoms in total. The summed E-state index contributed by atoms with van der Waals surface area (Å²) in [6, 6.07) is 11.3. The molecule has 0 amide bonds. The Morgan fingerprint density at radius 3 is 1.33 bits per heavy atom. The van der Waals surface area contributed by atoms with E-state index in [0.29, 0.717) is 11.5 Å². The Morgan fingerprint density at radius 1 is 0.792 bits per heavy atom. The summed E-state index contributed by atoms with van der Waals surface area (Å²) in [5.74, 6) is 0.944. The zero-order valence-corrected chi connectivity index (χ0v) is 16.8. The van der Waals surface area contributed by atoms with Crippen molar-refractivity contribution in [2.24, 2.45) is 0 Å². The van der Waals surface area contributed by atoms with Gasteiger partial charge in [-0.3, -0.25) is 0 Å². The number of alkyl halides is 2. The van der Waals surface area contributed by atoms with Gasteiger partial charge in [-0.25, -0.2) is 4.57 Å². The molecule has 6 heteroatoms. The van der Waals surface area contributed by atoms with Gasteiger partial charge in [-0.2, -0.15) is 0 Å². The monoisotopic (exact) mass is 386 g/mol. The first-order valence-corrected chi connectivity index (χ1v) is 9.84. The van der Waals surface area contributed by atoms with Crippen LogP contribution in [0.3, 0.4) is 0 Å². The predicted molar refractivity (Wildman–Crippen MR) is 101 cm³/mol. The highest BCUT2D eigenvalue weighted by Gasteiger charge is 2.49. The molecule has 0 aliphatic rings. The number of hydrogen-bond donors (Lipinski definition) is 0. The quantitative estimate of drug-likeness (QED) is 0.422. The molecular formula is C18H21Cl2O3P. The first kappa shape index (κ1) is 19.2. The molecule has 0 heterocycles. The Hall–Kier alpha value is -1.15. The fourth-order valence-electron chi connectivity index (χ4n) is 2.31. The van der Waals surface area contributed by atoms with Gasteiger partial charge >= 0.3 is 7.60 Å². The molecule has 24 heavy (non-hydrogen) atoms. The van der Waals surface area contributed by atoms with Crippen molar-refractivity contribution in [1.82, 2.24) is 0 Å². The van der Waals surface area contributed by atoms with Crippen molar-refractivity contribution in [2.75, 3.05) is 0 Å². The molecule has 0 bridgehead atoms. The van der Waals surface area contributed by atoms with Gasteiger partial charge in [-0.15, -0.1) is 0 Å². The second-order valence-electron chi connectivity index (χ2n) is 5.96. The maximum absolute atomic E-state index is 13.5. The second kappa shape index (κ2) is 7.00. The average Bonchev–Trinajstić information content (AvgIpc) is 2.46. The first-order chi connectivity index (χ1) is 11.0. The Morgan fingerprint density at radius 2 is 1.08 bits per heavy atom. The zero-order valence-electron chi connectivity index (χ0n) is 14.4. The minimum atomic E-state index is -3.92. The summed E-state index contributed by atoms with van der Waals surface area (Å²) in [5.41, 5.74) is 3.33. The number of aryl methyl sites for hydroxylation is 4. The van der Waals surface area contributed by atoms with Crippen molar-refractivity contribution in [2.45, 2.75) is 38.7 Å². The van der Waals surface area contributed by atoms with E-state index < -0.39 is 11.7 Å². The van der Waals surface area contributed by atoms with Crippen LogP contribution in [0.25, 0.3) is 0 Å². The van der Waals surface area contributed by atoms with Crippen LogP contribution in [-0.4, -0.2) is 4.07 Å². The van der Waals surface area contributed by atoms with Crippen LogP contribution in [0.1, 0.15) is 29.2 Å². The van der Waals surface area contributed by atoms with Crippen LogP contribution in [0.5, 0.6) is 11.5 Å². The third-order valence-corrected chi connectivity index (χ3v) is 6.77. The maximum atomic E-state index is 13.5. The lowest BCUT2D eigenvalue weighted by Crippen LogP contribution is -2.18. The van der Waals surface area contributed by atoms with E-state index in [2.05, 4.69) is 0 Å². The highest BCUT2D eigenvalue weighted by Crippen LogP contribution is 2.64. The van der Waals surface area contributed by atoms with E-state index in [9.17, 15) is 4.57 Å². The fourth-order valence-corrected chi connectivity index (χ4v) is 4.13. The molecule has 0 N–H and O–H groups in total. The van der Waals surface area contributed by atoms with Crippen LogP contribution in [0.2, 0.25) is 0 Å². The smallest absolute Gasteiger partial charge is 0.414 e. The number of halogens is 2. The van der Waals surface area contributed by atoms with Gasteiger partial charge in [0.2, 0.25) is 4.07 Å². The Balaban J connectivity index is 2.51. The van der Waals surface area contributed by atoms with Crippen molar-refractivity contribution in [3.05, 3.63) is 58.7 Å². The van der Waals surface area contributed by atoms with Crippen molar-refractivity contribution in [3.63, 3.8) is 0 Å². The lowest BCUT2D eigenvalue weighted by molar-refractivity contribution is 0.375. The van der Waals surface area contributed by atoms with Crippen LogP contribution in [0.15, 0.2) is 36.4 Å². The van der Waals surface area contributed by atoms with Crippen molar-refractivity contribution in [1.29, 1.82) is 0 Å². The molecule has 0 saturated carbocycles. The highest BCUT2D eigenvalue weighted by molar-refractivity contribution is 7.60. The molecule has 0 aliphatic heterocycles. The summed E-state index contributed by atoms with van der Waals surface area (Å²) in [6.07, 6.45) is 0. The van der Waals surface area contributed by atoms with Gasteiger partial charge in [-0.1, -0.05) is 59.6 Å². The molecule has 0 unspecified atom stereocenters. The molecule has 2 aromatic rings. The summed E-state index contributed by atoms with van der Waals surface area (Å²) in [4.78, 5) is 0. The second-order valence-corrected chi connectivity index (χ2v) is 10.5. The van der Waals surface area contributed by atoms with Gasteiger partial charge in [0.1, 0.15) is 11.5 Å². The Labute approximate surface area is 153 Å². The maximum Gasteiger partial charge on any atom is 0.466 e. The third kappa shape index (κ3) is 3.91. The molecule has 2 aromatic carbocycles. The van der Waals surface area contributed by atoms with Crippen LogP contribution in [0, 0.1) is 27.7 Å². The number of hydrogen-bond acceptors (Lipinski definition) is 3. The van der Waals surface area contributed by atoms with Crippen LogP contribution in [0.4, 0.5) is 0 Å². The number of rotatable bonds is 5. The Bertz CT molecular complexity index is 699. The normalized spacial score (nSPS) is 12.1. The van der Waals surface area contributed by atoms with Crippen molar-refractivity contribution >= 4 is 30.8 Å². The third-order valence-electron chi connectivity index (χ3n) is 3.72. The molecule has 0 aromatic heterocycles. The minimum absolute atomic E-state index is 0.472. The molecule has 0 fully saturated rings. The molecule has 0 aliphatic carbocycles. The van der Waals surface area contributed by atoms with Gasteiger partial charge in [-0.05, 0) is 56.9 Å². The van der Waals surface area contributed by atoms with Crippen LogP contribution < -0.4 is 9.05 Å². The standard InChI is InChI=1S/C18H21Cl2O3P/c1-12-8-6-9-13(2)16(12)22-24(21,18(5,19)20)23-17-14(3)10-7-11-15(17)4/h6-11H,1-5H3. The van der Waals surface area contributed by atoms with E-state index in [1.807, 2.05) is 64.1 Å². The highest BCUT2D eigenvalue weighted by atomic mass is 35.5. The summed E-state index contributed by atoms with van der Waals surface area (Å²) < 4.78 is 23.4. The van der Waals surface area contributed by atoms with Crippen molar-refractivity contribution < 1.29 is 13.6 Å². The molecule has 0 atom stereocenters. The van der Waals surface area contributed by atoms with Crippen LogP contribution in [-0.2, 0) is 4.57 Å². The molecule has 0 spiro atoms. The van der Waals surface area contributed by atoms with Crippen LogP contribution >= 0.6 is 30.8 Å². The first-order valence-electron chi connectivity index (χ1n) is 7.55. The van der Waals surface area contributed by atoms with E-state index in [4.69, 9.17) is 32.2 Å². The van der Waals surface area contributed by atoms with E-state index in [1.165, 1.54) is 6.92 Å². The van der Waals surface area contributed by atoms with Gasteiger partial charge in [0.05, 0.1) is 0 Å². The van der Waals surface area contributed by atoms with Crippen molar-refractivity contribution in [3.8, 4) is 11.5 Å². The summed E-state index contributed by atoms with van der Waals surface area (Å²) in [7, 11) is -3.92. The van der Waals surface area contributed by atoms with Gasteiger partial charge in [0.15, 0.2) is 0 Å². The Kier molecular flexibility index (Phi) is 5.59. The fraction of sp³-hybridized carbons (Fsp3) is 0.333. The lowest BCUT2D eigenvalue weighted by Gasteiger charge is -2.29. The SMILES string of the molecule is Cc1cccc(C)c1OP(=O)(Oc1c(C)cccc1C)C(C)(Cl)Cl. The summed E-state index contributed by atoms with van der Waals surface area (Å²) in [5, 5.41) is 0. The van der Waals surface area contributed by atoms with E-state index in [0.717, 1.165) is 22.3 Å². The summed E-state index contributed by atoms with van der Waals surface area (Å²) >= 11 is 12.4. The largest absolute Gasteiger partial charge is 0.466 e. The molecule has 130 valence electrons. The molecule has 2 rings (SSSR count). The summed E-state index contributed by atoms with van der Waals surface area (Å²) in [6.45, 7) is 8.88. The number of para-hydroxylation sites is 2. The molecule has 0 radical (unpaired) electrons. The van der Waals surface area contributed by atoms with E-state index >= 15 is 0 Å². The van der Waals surface area contributed by atoms with E-state index in [1.54, 1.807) is 0 Å². The van der Waals surface area contributed by atoms with Gasteiger partial charge in [0, 0.05) is 0 Å². The molecule has 0 saturated heterocycles. The molecular weight excluding hydrogens is 366 g/mol. The van der Waals surface area contributed by atoms with Gasteiger partial charge < -0.3 is 9.05 Å². The average molecular weight is 387 g/mol.